The number of Topliss-reactive ketones (excluding diaryl/α,β-unsaturated/α-hetero) is 1. The topological polar surface area (TPSA) is 46.6 Å². The van der Waals surface area contributed by atoms with E-state index in [9.17, 15) is 9.59 Å². The Kier molecular flexibility index (Phi) is 2.90. The molecule has 0 atom stereocenters. The number of carbonyl (C=O) groups excluding carboxylic acids is 2. The number of anilines is 1. The molecular formula is C12H13NO3. The molecule has 4 heteroatoms. The molecule has 0 bridgehead atoms. The van der Waals surface area contributed by atoms with Crippen LogP contribution in [0.5, 0.6) is 0 Å². The van der Waals surface area contributed by atoms with Crippen molar-refractivity contribution >= 4 is 17.6 Å². The molecule has 0 aromatic heterocycles. The Morgan fingerprint density at radius 3 is 2.94 bits per heavy atom. The molecule has 0 fully saturated rings. The zero-order valence-corrected chi connectivity index (χ0v) is 9.10. The number of amides is 1. The molecule has 1 aliphatic rings. The smallest absolute Gasteiger partial charge is 0.414 e. The first kappa shape index (κ1) is 10.7. The number of benzene rings is 1. The summed E-state index contributed by atoms with van der Waals surface area (Å²) in [6, 6.07) is 7.11. The fourth-order valence-corrected chi connectivity index (χ4v) is 1.80. The summed E-state index contributed by atoms with van der Waals surface area (Å²) in [6.07, 6.45) is -0.0296. The lowest BCUT2D eigenvalue weighted by molar-refractivity contribution is 0.0978. The van der Waals surface area contributed by atoms with Crippen LogP contribution in [0, 0.1) is 0 Å². The second-order valence-electron chi connectivity index (χ2n) is 3.54. The highest BCUT2D eigenvalue weighted by atomic mass is 16.6. The fourth-order valence-electron chi connectivity index (χ4n) is 1.80. The molecule has 1 amide bonds. The van der Waals surface area contributed by atoms with E-state index >= 15 is 0 Å². The molecule has 0 aliphatic carbocycles. The highest BCUT2D eigenvalue weighted by Crippen LogP contribution is 2.27. The lowest BCUT2D eigenvalue weighted by atomic mass is 10.0. The normalized spacial score (nSPS) is 14.6. The Hall–Kier alpha value is -1.84. The summed E-state index contributed by atoms with van der Waals surface area (Å²) in [4.78, 5) is 24.8. The van der Waals surface area contributed by atoms with Crippen molar-refractivity contribution in [1.82, 2.24) is 0 Å². The van der Waals surface area contributed by atoms with Crippen LogP contribution in [0.4, 0.5) is 10.5 Å². The van der Waals surface area contributed by atoms with Gasteiger partial charge in [-0.1, -0.05) is 12.1 Å². The Labute approximate surface area is 93.8 Å². The van der Waals surface area contributed by atoms with E-state index in [1.807, 2.05) is 6.07 Å². The van der Waals surface area contributed by atoms with Crippen LogP contribution in [-0.2, 0) is 4.74 Å². The number of fused-ring (bicyclic) bond motifs is 1. The van der Waals surface area contributed by atoms with E-state index < -0.39 is 0 Å². The van der Waals surface area contributed by atoms with Gasteiger partial charge >= 0.3 is 6.09 Å². The minimum absolute atomic E-state index is 0.0798. The summed E-state index contributed by atoms with van der Waals surface area (Å²) in [5, 5.41) is 0. The number of carbonyl (C=O) groups is 2. The molecular weight excluding hydrogens is 206 g/mol. The summed E-state index contributed by atoms with van der Waals surface area (Å²) in [7, 11) is 0. The molecule has 0 saturated heterocycles. The molecule has 0 N–H and O–H groups in total. The van der Waals surface area contributed by atoms with Gasteiger partial charge in [-0.2, -0.15) is 0 Å². The zero-order valence-electron chi connectivity index (χ0n) is 9.10. The third-order valence-corrected chi connectivity index (χ3v) is 2.55. The lowest BCUT2D eigenvalue weighted by Crippen LogP contribution is -2.37. The number of nitrogens with zero attached hydrogens (tertiary/aromatic N) is 1. The Morgan fingerprint density at radius 2 is 2.19 bits per heavy atom. The van der Waals surface area contributed by atoms with E-state index in [1.165, 1.54) is 4.90 Å². The highest BCUT2D eigenvalue weighted by Gasteiger charge is 2.27. The summed E-state index contributed by atoms with van der Waals surface area (Å²) in [5.74, 6) is 0.0798. The first-order chi connectivity index (χ1) is 7.74. The van der Waals surface area contributed by atoms with Crippen molar-refractivity contribution < 1.29 is 14.3 Å². The number of ketones is 1. The Morgan fingerprint density at radius 1 is 1.44 bits per heavy atom. The molecule has 0 unspecified atom stereocenters. The standard InChI is InChI=1S/C12H13NO3/c1-2-16-12(15)13-8-7-11(14)9-5-3-4-6-10(9)13/h3-6H,2,7-8H2,1H3. The van der Waals surface area contributed by atoms with Gasteiger partial charge in [-0.05, 0) is 19.1 Å². The van der Waals surface area contributed by atoms with Crippen molar-refractivity contribution in [2.24, 2.45) is 0 Å². The minimum atomic E-state index is -0.387. The van der Waals surface area contributed by atoms with Crippen LogP contribution in [0.3, 0.4) is 0 Å². The van der Waals surface area contributed by atoms with Gasteiger partial charge in [-0.25, -0.2) is 4.79 Å². The predicted molar refractivity (Wildman–Crippen MR) is 59.8 cm³/mol. The predicted octanol–water partition coefficient (Wildman–Crippen LogP) is 2.24. The minimum Gasteiger partial charge on any atom is -0.449 e. The van der Waals surface area contributed by atoms with Crippen LogP contribution in [0.2, 0.25) is 0 Å². The van der Waals surface area contributed by atoms with Crippen molar-refractivity contribution in [1.29, 1.82) is 0 Å². The van der Waals surface area contributed by atoms with Crippen LogP contribution < -0.4 is 4.90 Å². The molecule has 0 spiro atoms. The SMILES string of the molecule is CCOC(=O)N1CCC(=O)c2ccccc21. The van der Waals surface area contributed by atoms with E-state index in [4.69, 9.17) is 4.74 Å². The first-order valence-corrected chi connectivity index (χ1v) is 5.30. The van der Waals surface area contributed by atoms with Gasteiger partial charge in [0.1, 0.15) is 0 Å². The van der Waals surface area contributed by atoms with Crippen molar-refractivity contribution in [3.8, 4) is 0 Å². The second-order valence-corrected chi connectivity index (χ2v) is 3.54. The third-order valence-electron chi connectivity index (χ3n) is 2.55. The van der Waals surface area contributed by atoms with Crippen molar-refractivity contribution in [3.63, 3.8) is 0 Å². The van der Waals surface area contributed by atoms with Gasteiger partial charge in [0.25, 0.3) is 0 Å². The van der Waals surface area contributed by atoms with E-state index in [0.717, 1.165) is 0 Å². The summed E-state index contributed by atoms with van der Waals surface area (Å²) >= 11 is 0. The molecule has 4 nitrogen and oxygen atoms in total. The lowest BCUT2D eigenvalue weighted by Gasteiger charge is -2.27. The monoisotopic (exact) mass is 219 g/mol. The number of rotatable bonds is 1. The molecule has 2 rings (SSSR count). The Balaban J connectivity index is 2.34. The quantitative estimate of drug-likeness (QED) is 0.727. The van der Waals surface area contributed by atoms with Gasteiger partial charge in [-0.3, -0.25) is 9.69 Å². The summed E-state index contributed by atoms with van der Waals surface area (Å²) in [6.45, 7) is 2.50. The van der Waals surface area contributed by atoms with Gasteiger partial charge in [0.2, 0.25) is 0 Å². The van der Waals surface area contributed by atoms with Gasteiger partial charge in [0, 0.05) is 18.5 Å². The van der Waals surface area contributed by atoms with Gasteiger partial charge < -0.3 is 4.74 Å². The van der Waals surface area contributed by atoms with E-state index in [-0.39, 0.29) is 11.9 Å². The number of para-hydroxylation sites is 1. The molecule has 0 radical (unpaired) electrons. The fraction of sp³-hybridized carbons (Fsp3) is 0.333. The second kappa shape index (κ2) is 4.35. The average Bonchev–Trinajstić information content (AvgIpc) is 2.30. The molecule has 1 heterocycles. The van der Waals surface area contributed by atoms with Crippen molar-refractivity contribution in [2.45, 2.75) is 13.3 Å². The molecule has 1 aromatic rings. The molecule has 1 aromatic carbocycles. The van der Waals surface area contributed by atoms with E-state index in [1.54, 1.807) is 25.1 Å². The highest BCUT2D eigenvalue weighted by molar-refractivity contribution is 6.07. The maximum atomic E-state index is 11.7. The maximum absolute atomic E-state index is 11.7. The van der Waals surface area contributed by atoms with Crippen LogP contribution >= 0.6 is 0 Å². The van der Waals surface area contributed by atoms with Crippen LogP contribution in [0.15, 0.2) is 24.3 Å². The molecule has 16 heavy (non-hydrogen) atoms. The van der Waals surface area contributed by atoms with E-state index in [2.05, 4.69) is 0 Å². The molecule has 0 saturated carbocycles. The van der Waals surface area contributed by atoms with Gasteiger partial charge in [0.15, 0.2) is 5.78 Å². The largest absolute Gasteiger partial charge is 0.449 e. The van der Waals surface area contributed by atoms with Gasteiger partial charge in [0.05, 0.1) is 12.3 Å². The zero-order chi connectivity index (χ0) is 11.5. The molecule has 84 valence electrons. The van der Waals surface area contributed by atoms with Crippen molar-refractivity contribution in [3.05, 3.63) is 29.8 Å². The van der Waals surface area contributed by atoms with Crippen LogP contribution in [0.1, 0.15) is 23.7 Å². The van der Waals surface area contributed by atoms with Crippen LogP contribution in [0.25, 0.3) is 0 Å². The maximum Gasteiger partial charge on any atom is 0.414 e. The number of hydrogen-bond acceptors (Lipinski definition) is 3. The average molecular weight is 219 g/mol. The number of ether oxygens (including phenoxy) is 1. The first-order valence-electron chi connectivity index (χ1n) is 5.30. The Bertz CT molecular complexity index is 428. The number of hydrogen-bond donors (Lipinski definition) is 0. The third kappa shape index (κ3) is 1.78. The van der Waals surface area contributed by atoms with Gasteiger partial charge in [-0.15, -0.1) is 0 Å². The summed E-state index contributed by atoms with van der Waals surface area (Å²) in [5.41, 5.74) is 1.25. The summed E-state index contributed by atoms with van der Waals surface area (Å²) < 4.78 is 4.95. The molecule has 1 aliphatic heterocycles. The van der Waals surface area contributed by atoms with E-state index in [0.29, 0.717) is 30.8 Å². The van der Waals surface area contributed by atoms with Crippen LogP contribution in [-0.4, -0.2) is 25.0 Å². The van der Waals surface area contributed by atoms with Crippen molar-refractivity contribution in [2.75, 3.05) is 18.1 Å².